The van der Waals surface area contributed by atoms with Crippen LogP contribution < -0.4 is 10.6 Å². The van der Waals surface area contributed by atoms with E-state index in [0.29, 0.717) is 36.1 Å². The first-order chi connectivity index (χ1) is 20.7. The number of piperidine rings is 1. The lowest BCUT2D eigenvalue weighted by Crippen LogP contribution is -2.56. The summed E-state index contributed by atoms with van der Waals surface area (Å²) in [5.41, 5.74) is 1.80. The largest absolute Gasteiger partial charge is 0.350 e. The molecule has 7 heteroatoms. The molecule has 2 saturated heterocycles. The molecule has 3 atom stereocenters. The highest BCUT2D eigenvalue weighted by Gasteiger charge is 2.38. The minimum Gasteiger partial charge on any atom is -0.350 e. The Balaban J connectivity index is 1.31. The van der Waals surface area contributed by atoms with Crippen LogP contribution >= 0.6 is 11.6 Å². The minimum atomic E-state index is -0.306. The van der Waals surface area contributed by atoms with Gasteiger partial charge in [-0.25, -0.2) is 0 Å². The molecule has 6 nitrogen and oxygen atoms in total. The van der Waals surface area contributed by atoms with Crippen LogP contribution in [0.5, 0.6) is 0 Å². The van der Waals surface area contributed by atoms with Crippen LogP contribution in [0, 0.1) is 0 Å². The molecule has 0 aromatic heterocycles. The van der Waals surface area contributed by atoms with Gasteiger partial charge in [-0.2, -0.15) is 0 Å². The van der Waals surface area contributed by atoms with Crippen molar-refractivity contribution < 1.29 is 9.59 Å². The average Bonchev–Trinajstić information content (AvgIpc) is 3.16. The first kappa shape index (κ1) is 31.5. The van der Waals surface area contributed by atoms with Gasteiger partial charge in [0.1, 0.15) is 0 Å². The fourth-order valence-corrected chi connectivity index (χ4v) is 7.02. The van der Waals surface area contributed by atoms with E-state index in [9.17, 15) is 9.59 Å². The molecule has 2 fully saturated rings. The fourth-order valence-electron chi connectivity index (χ4n) is 6.83. The summed E-state index contributed by atoms with van der Waals surface area (Å²) in [6, 6.07) is 21.6. The van der Waals surface area contributed by atoms with Crippen molar-refractivity contribution >= 4 is 34.2 Å². The van der Waals surface area contributed by atoms with Gasteiger partial charge in [0.25, 0.3) is 5.91 Å². The van der Waals surface area contributed by atoms with E-state index in [2.05, 4.69) is 65.5 Å². The fraction of sp³-hybridized carbons (Fsp3) is 0.500. The smallest absolute Gasteiger partial charge is 0.251 e. The molecule has 0 bridgehead atoms. The summed E-state index contributed by atoms with van der Waals surface area (Å²) >= 11 is 6.14. The Bertz CT molecular complexity index is 1390. The Morgan fingerprint density at radius 3 is 2.47 bits per heavy atom. The predicted octanol–water partition coefficient (Wildman–Crippen LogP) is 6.63. The van der Waals surface area contributed by atoms with Crippen LogP contribution in [0.2, 0.25) is 5.02 Å². The number of likely N-dealkylation sites (tertiary alicyclic amines) is 1. The highest BCUT2D eigenvalue weighted by molar-refractivity contribution is 6.31. The van der Waals surface area contributed by atoms with Gasteiger partial charge in [-0.3, -0.25) is 14.5 Å². The van der Waals surface area contributed by atoms with Crippen molar-refractivity contribution in [3.63, 3.8) is 0 Å². The van der Waals surface area contributed by atoms with Crippen molar-refractivity contribution in [2.75, 3.05) is 32.7 Å². The van der Waals surface area contributed by atoms with E-state index in [1.807, 2.05) is 42.5 Å². The normalized spacial score (nSPS) is 21.0. The summed E-state index contributed by atoms with van der Waals surface area (Å²) in [6.45, 7) is 10.8. The van der Waals surface area contributed by atoms with Gasteiger partial charge in [0, 0.05) is 47.7 Å². The van der Waals surface area contributed by atoms with Gasteiger partial charge in [0.2, 0.25) is 5.91 Å². The maximum Gasteiger partial charge on any atom is 0.251 e. The van der Waals surface area contributed by atoms with Gasteiger partial charge in [-0.1, -0.05) is 67.4 Å². The molecular formula is C36H47ClN4O2. The summed E-state index contributed by atoms with van der Waals surface area (Å²) in [5.74, 6) is 0.368. The van der Waals surface area contributed by atoms with Crippen molar-refractivity contribution in [3.05, 3.63) is 82.9 Å². The Labute approximate surface area is 262 Å². The highest BCUT2D eigenvalue weighted by Crippen LogP contribution is 2.28. The summed E-state index contributed by atoms with van der Waals surface area (Å²) in [4.78, 5) is 32.1. The van der Waals surface area contributed by atoms with Crippen LogP contribution in [0.3, 0.4) is 0 Å². The van der Waals surface area contributed by atoms with Gasteiger partial charge < -0.3 is 15.5 Å². The monoisotopic (exact) mass is 602 g/mol. The zero-order valence-corrected chi connectivity index (χ0v) is 26.7. The van der Waals surface area contributed by atoms with Crippen LogP contribution in [0.15, 0.2) is 66.7 Å². The first-order valence-electron chi connectivity index (χ1n) is 16.1. The molecule has 2 aliphatic heterocycles. The number of fused-ring (bicyclic) bond motifs is 1. The summed E-state index contributed by atoms with van der Waals surface area (Å²) in [6.07, 6.45) is 6.21. The SMILES string of the molecule is CCC(CN1CCC(CNC(=O)c2ccc3cc(Cl)ccc3c2)NC(CC(C)(C)N2CCCCC2)C1=O)c1ccccc1. The first-order valence-corrected chi connectivity index (χ1v) is 16.4. The third-order valence-electron chi connectivity index (χ3n) is 9.49. The molecule has 230 valence electrons. The third-order valence-corrected chi connectivity index (χ3v) is 9.72. The van der Waals surface area contributed by atoms with Gasteiger partial charge in [0.05, 0.1) is 6.04 Å². The van der Waals surface area contributed by atoms with Crippen LogP contribution in [0.25, 0.3) is 10.8 Å². The lowest BCUT2D eigenvalue weighted by molar-refractivity contribution is -0.134. The number of hydrogen-bond donors (Lipinski definition) is 2. The van der Waals surface area contributed by atoms with E-state index >= 15 is 0 Å². The van der Waals surface area contributed by atoms with Crippen LogP contribution in [0.1, 0.15) is 81.1 Å². The Hall–Kier alpha value is -2.93. The van der Waals surface area contributed by atoms with Crippen molar-refractivity contribution in [3.8, 4) is 0 Å². The number of rotatable bonds is 10. The second-order valence-electron chi connectivity index (χ2n) is 13.0. The van der Waals surface area contributed by atoms with Crippen LogP contribution in [-0.4, -0.2) is 72.0 Å². The quantitative estimate of drug-likeness (QED) is 0.273. The van der Waals surface area contributed by atoms with Gasteiger partial charge in [0.15, 0.2) is 0 Å². The van der Waals surface area contributed by atoms with E-state index in [-0.39, 0.29) is 29.4 Å². The van der Waals surface area contributed by atoms with E-state index < -0.39 is 0 Å². The molecule has 0 spiro atoms. The molecule has 3 aromatic carbocycles. The topological polar surface area (TPSA) is 64.7 Å². The van der Waals surface area contributed by atoms with E-state index in [0.717, 1.165) is 43.1 Å². The number of amides is 2. The van der Waals surface area contributed by atoms with Crippen LogP contribution in [-0.2, 0) is 4.79 Å². The van der Waals surface area contributed by atoms with E-state index in [4.69, 9.17) is 11.6 Å². The second-order valence-corrected chi connectivity index (χ2v) is 13.4. The zero-order chi connectivity index (χ0) is 30.4. The van der Waals surface area contributed by atoms with Gasteiger partial charge >= 0.3 is 0 Å². The lowest BCUT2D eigenvalue weighted by atomic mass is 9.90. The maximum absolute atomic E-state index is 14.2. The third kappa shape index (κ3) is 7.97. The van der Waals surface area contributed by atoms with Gasteiger partial charge in [-0.05, 0) is 99.6 Å². The standard InChI is InChI=1S/C36H47ClN4O2/c1-4-26(27-11-7-5-8-12-27)25-40-20-17-32(39-33(35(40)43)23-36(2,3)41-18-9-6-10-19-41)24-38-34(42)30-14-13-29-22-31(37)16-15-28(29)21-30/h5,7-8,11-16,21-22,26,32-33,39H,4,6,9-10,17-20,23-25H2,1-3H3,(H,38,42). The number of nitrogens with zero attached hydrogens (tertiary/aromatic N) is 2. The van der Waals surface area contributed by atoms with Gasteiger partial charge in [-0.15, -0.1) is 0 Å². The molecule has 2 amide bonds. The molecule has 5 rings (SSSR count). The number of carbonyl (C=O) groups excluding carboxylic acids is 2. The minimum absolute atomic E-state index is 0.00359. The molecule has 0 saturated carbocycles. The number of carbonyl (C=O) groups is 2. The van der Waals surface area contributed by atoms with Crippen molar-refractivity contribution in [1.29, 1.82) is 0 Å². The maximum atomic E-state index is 14.2. The highest BCUT2D eigenvalue weighted by atomic mass is 35.5. The number of benzene rings is 3. The molecule has 2 N–H and O–H groups in total. The van der Waals surface area contributed by atoms with Crippen LogP contribution in [0.4, 0.5) is 0 Å². The van der Waals surface area contributed by atoms with Crippen molar-refractivity contribution in [2.45, 2.75) is 82.8 Å². The number of nitrogens with one attached hydrogen (secondary N) is 2. The molecule has 3 aromatic rings. The summed E-state index contributed by atoms with van der Waals surface area (Å²) in [7, 11) is 0. The van der Waals surface area contributed by atoms with Crippen molar-refractivity contribution in [2.24, 2.45) is 0 Å². The predicted molar refractivity (Wildman–Crippen MR) is 177 cm³/mol. The Morgan fingerprint density at radius 1 is 1.00 bits per heavy atom. The molecule has 0 aliphatic carbocycles. The second kappa shape index (κ2) is 14.2. The molecule has 2 aliphatic rings. The Kier molecular flexibility index (Phi) is 10.4. The molecular weight excluding hydrogens is 556 g/mol. The molecule has 0 radical (unpaired) electrons. The van der Waals surface area contributed by atoms with Crippen molar-refractivity contribution in [1.82, 2.24) is 20.4 Å². The van der Waals surface area contributed by atoms with E-state index in [1.165, 1.54) is 24.8 Å². The molecule has 2 heterocycles. The summed E-state index contributed by atoms with van der Waals surface area (Å²) < 4.78 is 0. The lowest BCUT2D eigenvalue weighted by Gasteiger charge is -2.43. The Morgan fingerprint density at radius 2 is 1.72 bits per heavy atom. The number of hydrogen-bond acceptors (Lipinski definition) is 4. The number of halogens is 1. The summed E-state index contributed by atoms with van der Waals surface area (Å²) in [5, 5.41) is 9.55. The van der Waals surface area contributed by atoms with E-state index in [1.54, 1.807) is 0 Å². The average molecular weight is 603 g/mol. The molecule has 3 unspecified atom stereocenters. The molecule has 43 heavy (non-hydrogen) atoms. The zero-order valence-electron chi connectivity index (χ0n) is 25.9.